The van der Waals surface area contributed by atoms with E-state index < -0.39 is 18.3 Å². The smallest absolute Gasteiger partial charge is 1.00 e. The van der Waals surface area contributed by atoms with E-state index in [0.29, 0.717) is 0 Å². The van der Waals surface area contributed by atoms with Gasteiger partial charge in [-0.25, -0.2) is 0 Å². The molecule has 21 rings (SSSR count). The number of halogens is 4. The van der Waals surface area contributed by atoms with Crippen LogP contribution in [0.5, 0.6) is 0 Å². The molecule has 0 N–H and O–H groups in total. The molecule has 10 nitrogen and oxygen atoms in total. The molecule has 0 bridgehead atoms. The largest absolute Gasteiger partial charge is 1.00 e. The molecule has 0 radical (unpaired) electrons. The standard InChI is InChI=1S/C73H49N5.C40H35BN2O2.C5H3Br2N.I2.K.H/c1-2-31-78-73(27-1)61-23-8-20-58(37-61)70-42-67(55-17-5-14-52(34-55)64-26-11-30-76-47-64)41-69(43-70)57-19-7-22-60(36-57)72-44-71(48-77-49-72)59-21-6-18-56(35-59)68-39-65(53-15-3-12-50(32-53)62-24-9-28-74-45-62)38-66(40-68)54-16-4-13-51(33-54)63-25-10-29-75-46-63;1-39(2)40(3,4)45-41(44-39)38-17-7-14-32(25-38)37-23-35(30-12-5-10-28(20-30)33-15-8-18-42-26-33)22-36(24-37)31-13-6-11-29(21-31)34-16-9-19-43-27-34;6-4-1-5(7)3-8-2-4;1-2;;/h1-49H;5-27H,1-4H3;1-3H;;;/q;;;;+1;-1. The van der Waals surface area contributed by atoms with E-state index in [1.54, 1.807) is 24.8 Å². The molecule has 0 unspecified atom stereocenters. The zero-order valence-corrected chi connectivity index (χ0v) is 84.9. The Labute approximate surface area is 867 Å². The van der Waals surface area contributed by atoms with Gasteiger partial charge in [0.15, 0.2) is 0 Å². The average molecular weight is 2110 g/mol. The molecule has 644 valence electrons. The van der Waals surface area contributed by atoms with Crippen LogP contribution in [0.25, 0.3) is 189 Å². The number of hydrogen-bond acceptors (Lipinski definition) is 10. The first-order chi connectivity index (χ1) is 65.1. The summed E-state index contributed by atoms with van der Waals surface area (Å²) in [6.07, 6.45) is 27.9. The van der Waals surface area contributed by atoms with Crippen molar-refractivity contribution in [3.8, 4) is 189 Å². The predicted octanol–water partition coefficient (Wildman–Crippen LogP) is 29.3. The summed E-state index contributed by atoms with van der Waals surface area (Å²) in [6, 6.07) is 130. The molecule has 20 aromatic rings. The maximum absolute atomic E-state index is 6.41. The number of aromatic nitrogens is 8. The van der Waals surface area contributed by atoms with Crippen molar-refractivity contribution in [1.29, 1.82) is 0 Å². The summed E-state index contributed by atoms with van der Waals surface area (Å²) >= 11 is 10.8. The summed E-state index contributed by atoms with van der Waals surface area (Å²) in [5.41, 5.74) is 37.8. The molecule has 0 aliphatic carbocycles. The summed E-state index contributed by atoms with van der Waals surface area (Å²) in [5.74, 6) is 0. The van der Waals surface area contributed by atoms with Gasteiger partial charge in [-0.2, -0.15) is 0 Å². The van der Waals surface area contributed by atoms with Gasteiger partial charge in [0.1, 0.15) is 0 Å². The molecular formula is C118H88BBr2I2KN8O2. The number of pyridine rings is 8. The van der Waals surface area contributed by atoms with Crippen molar-refractivity contribution in [2.45, 2.75) is 38.9 Å². The molecular weight excluding hydrogens is 2020 g/mol. The fraction of sp³-hybridized carbons (Fsp3) is 0.0508. The molecule has 0 amide bonds. The molecule has 1 fully saturated rings. The molecule has 12 aromatic carbocycles. The number of rotatable bonds is 18. The van der Waals surface area contributed by atoms with Crippen molar-refractivity contribution in [2.75, 3.05) is 0 Å². The molecule has 1 aliphatic rings. The average Bonchev–Trinajstić information content (AvgIpc) is 1.76. The van der Waals surface area contributed by atoms with Gasteiger partial charge in [0, 0.05) is 184 Å². The summed E-state index contributed by atoms with van der Waals surface area (Å²) in [6.45, 7) is 8.36. The molecule has 9 heterocycles. The normalized spacial score (nSPS) is 12.2. The Hall–Kier alpha value is -12.1. The Morgan fingerprint density at radius 2 is 0.418 bits per heavy atom. The molecule has 134 heavy (non-hydrogen) atoms. The van der Waals surface area contributed by atoms with E-state index in [1.807, 2.05) is 117 Å². The van der Waals surface area contributed by atoms with E-state index in [-0.39, 0.29) is 52.8 Å². The van der Waals surface area contributed by atoms with Crippen LogP contribution in [0.4, 0.5) is 0 Å². The maximum atomic E-state index is 6.41. The third-order valence-corrected chi connectivity index (χ3v) is 25.0. The van der Waals surface area contributed by atoms with Gasteiger partial charge in [-0.15, -0.1) is 0 Å². The zero-order valence-electron chi connectivity index (χ0n) is 75.3. The molecule has 16 heteroatoms. The van der Waals surface area contributed by atoms with Crippen LogP contribution < -0.4 is 56.8 Å². The Bertz CT molecular complexity index is 6880. The van der Waals surface area contributed by atoms with Crippen LogP contribution >= 0.6 is 69.1 Å². The van der Waals surface area contributed by atoms with Gasteiger partial charge in [-0.05, 0) is 362 Å². The topological polar surface area (TPSA) is 122 Å². The van der Waals surface area contributed by atoms with Gasteiger partial charge in [0.05, 0.1) is 16.9 Å². The van der Waals surface area contributed by atoms with Gasteiger partial charge < -0.3 is 10.7 Å². The molecule has 1 aliphatic heterocycles. The van der Waals surface area contributed by atoms with Gasteiger partial charge in [0.2, 0.25) is 0 Å². The Morgan fingerprint density at radius 3 is 0.664 bits per heavy atom. The Balaban J connectivity index is 0.000000196. The second-order valence-corrected chi connectivity index (χ2v) is 35.3. The second kappa shape index (κ2) is 43.9. The molecule has 1 saturated heterocycles. The predicted molar refractivity (Wildman–Crippen MR) is 574 cm³/mol. The minimum atomic E-state index is -0.426. The van der Waals surface area contributed by atoms with Gasteiger partial charge >= 0.3 is 58.5 Å². The first-order valence-electron chi connectivity index (χ1n) is 43.7. The number of nitrogens with zero attached hydrogens (tertiary/aromatic N) is 8. The molecule has 0 atom stereocenters. The van der Waals surface area contributed by atoms with Gasteiger partial charge in [-0.1, -0.05) is 206 Å². The Morgan fingerprint density at radius 1 is 0.209 bits per heavy atom. The maximum Gasteiger partial charge on any atom is 1.00 e. The minimum Gasteiger partial charge on any atom is -1.00 e. The van der Waals surface area contributed by atoms with Crippen LogP contribution in [0.2, 0.25) is 0 Å². The van der Waals surface area contributed by atoms with E-state index in [0.717, 1.165) is 204 Å². The van der Waals surface area contributed by atoms with Crippen LogP contribution in [0.1, 0.15) is 29.1 Å². The fourth-order valence-electron chi connectivity index (χ4n) is 16.6. The second-order valence-electron chi connectivity index (χ2n) is 33.5. The first-order valence-corrected chi connectivity index (χ1v) is 51.6. The van der Waals surface area contributed by atoms with E-state index in [9.17, 15) is 0 Å². The third kappa shape index (κ3) is 22.8. The third-order valence-electron chi connectivity index (χ3n) is 24.1. The summed E-state index contributed by atoms with van der Waals surface area (Å²) in [4.78, 5) is 35.3. The van der Waals surface area contributed by atoms with E-state index in [2.05, 4.69) is 447 Å². The fourth-order valence-corrected chi connectivity index (χ4v) is 17.6. The monoisotopic (exact) mass is 2110 g/mol. The van der Waals surface area contributed by atoms with Crippen molar-refractivity contribution in [1.82, 2.24) is 39.9 Å². The molecule has 0 saturated carbocycles. The summed E-state index contributed by atoms with van der Waals surface area (Å²) < 4.78 is 14.8. The van der Waals surface area contributed by atoms with Gasteiger partial charge in [0.25, 0.3) is 0 Å². The number of benzene rings is 12. The SMILES string of the molecule is Brc1cncc(Br)c1.CC1(C)OB(c2cccc(-c3cc(-c4cccc(-c5cccnc5)c4)cc(-c4cccc(-c5cccnc5)c4)c3)c2)OC1(C)C.II.[H-].[K+].c1ccc(-c2cccc(-c3cc(-c4cccc(-c5cccnc5)c4)cc(-c4cccc(-c5cncc(-c6cccc(-c7cc(-c8cccc(-c9cccnc9)c8)cc(-c8cccc(-c9cccnc9)c8)c7)c6)c5)c4)c3)c2)nc1. The summed E-state index contributed by atoms with van der Waals surface area (Å²) in [5, 5.41) is 0. The quantitative estimate of drug-likeness (QED) is 0.0606. The van der Waals surface area contributed by atoms with Crippen LogP contribution in [0.15, 0.2) is 466 Å². The van der Waals surface area contributed by atoms with E-state index in [1.165, 1.54) is 0 Å². The van der Waals surface area contributed by atoms with E-state index in [4.69, 9.17) is 14.3 Å². The van der Waals surface area contributed by atoms with Crippen LogP contribution in [0, 0.1) is 0 Å². The van der Waals surface area contributed by atoms with Crippen LogP contribution in [0.3, 0.4) is 0 Å². The number of hydrogen-bond donors (Lipinski definition) is 0. The zero-order chi connectivity index (χ0) is 91.0. The van der Waals surface area contributed by atoms with Crippen molar-refractivity contribution in [3.63, 3.8) is 0 Å². The van der Waals surface area contributed by atoms with Crippen molar-refractivity contribution in [2.24, 2.45) is 0 Å². The van der Waals surface area contributed by atoms with Crippen molar-refractivity contribution in [3.05, 3.63) is 466 Å². The Kier molecular flexibility index (Phi) is 30.7. The molecule has 8 aromatic heterocycles. The van der Waals surface area contributed by atoms with Crippen LogP contribution in [-0.2, 0) is 9.31 Å². The van der Waals surface area contributed by atoms with Gasteiger partial charge in [-0.3, -0.25) is 39.9 Å². The summed E-state index contributed by atoms with van der Waals surface area (Å²) in [7, 11) is -0.426. The minimum absolute atomic E-state index is 0. The molecule has 0 spiro atoms. The van der Waals surface area contributed by atoms with E-state index >= 15 is 0 Å². The first kappa shape index (κ1) is 93.7. The van der Waals surface area contributed by atoms with Crippen LogP contribution in [-0.4, -0.2) is 58.2 Å². The van der Waals surface area contributed by atoms with Crippen molar-refractivity contribution < 1.29 is 62.1 Å². The van der Waals surface area contributed by atoms with Crippen molar-refractivity contribution >= 4 is 81.7 Å².